The Kier molecular flexibility index (Phi) is 27.4. The van der Waals surface area contributed by atoms with Crippen LogP contribution in [0.1, 0.15) is 50.7 Å². The first-order valence-corrected chi connectivity index (χ1v) is 21.5. The van der Waals surface area contributed by atoms with E-state index in [4.69, 9.17) is 9.47 Å². The Labute approximate surface area is 284 Å². The van der Waals surface area contributed by atoms with Gasteiger partial charge in [0.2, 0.25) is 0 Å². The van der Waals surface area contributed by atoms with E-state index in [1.54, 1.807) is 15.9 Å². The normalized spacial score (nSPS) is 13.8. The van der Waals surface area contributed by atoms with Crippen LogP contribution in [0.3, 0.4) is 0 Å². The highest BCUT2D eigenvalue weighted by Crippen LogP contribution is 2.28. The molecule has 0 N–H and O–H groups in total. The summed E-state index contributed by atoms with van der Waals surface area (Å²) in [4.78, 5) is 27.6. The third kappa shape index (κ3) is 20.2. The van der Waals surface area contributed by atoms with Crippen molar-refractivity contribution in [1.29, 1.82) is 0 Å². The van der Waals surface area contributed by atoms with Gasteiger partial charge < -0.3 is 19.3 Å². The molecule has 0 saturated carbocycles. The van der Waals surface area contributed by atoms with E-state index in [-0.39, 0.29) is 24.3 Å². The predicted molar refractivity (Wildman–Crippen MR) is 203 cm³/mol. The van der Waals surface area contributed by atoms with Crippen LogP contribution in [0.2, 0.25) is 0 Å². The summed E-state index contributed by atoms with van der Waals surface area (Å²) in [7, 11) is 6.97. The molecule has 3 rings (SSSR count). The van der Waals surface area contributed by atoms with Gasteiger partial charge in [-0.05, 0) is 50.7 Å². The number of ether oxygens (including phenoxy) is 2. The van der Waals surface area contributed by atoms with Crippen molar-refractivity contribution in [3.05, 3.63) is 109 Å². The second-order valence-electron chi connectivity index (χ2n) is 9.52. The second-order valence-corrected chi connectivity index (χ2v) is 15.6. The van der Waals surface area contributed by atoms with Gasteiger partial charge in [-0.3, -0.25) is 0 Å². The topological polar surface area (TPSA) is 59.1 Å². The van der Waals surface area contributed by atoms with Gasteiger partial charge in [0.25, 0.3) is 0 Å². The maximum absolute atomic E-state index is 12.1. The molecule has 44 heavy (non-hydrogen) atoms. The van der Waals surface area contributed by atoms with Crippen LogP contribution < -0.4 is 0 Å². The highest BCUT2D eigenvalue weighted by Gasteiger charge is 2.21. The third-order valence-corrected chi connectivity index (χ3v) is 6.28. The van der Waals surface area contributed by atoms with Crippen molar-refractivity contribution in [2.24, 2.45) is 0 Å². The highest BCUT2D eigenvalue weighted by atomic mass is 33.1. The predicted octanol–water partition coefficient (Wildman–Crippen LogP) is 8.77. The van der Waals surface area contributed by atoms with Crippen molar-refractivity contribution in [2.45, 2.75) is 64.8 Å². The lowest BCUT2D eigenvalue weighted by Crippen LogP contribution is -2.39. The zero-order chi connectivity index (χ0) is 33.0. The number of amides is 2. The summed E-state index contributed by atoms with van der Waals surface area (Å²) >= 11 is 8.25. The lowest BCUT2D eigenvalue weighted by Gasteiger charge is -2.27. The van der Waals surface area contributed by atoms with Crippen molar-refractivity contribution in [3.8, 4) is 0 Å². The van der Waals surface area contributed by atoms with Gasteiger partial charge in [0.1, 0.15) is 13.2 Å². The van der Waals surface area contributed by atoms with Crippen LogP contribution in [0, 0.1) is 0 Å². The fraction of sp³-hybridized carbons (Fsp3) is 0.375. The molecule has 2 aromatic rings. The van der Waals surface area contributed by atoms with E-state index in [2.05, 4.69) is 66.4 Å². The smallest absolute Gasteiger partial charge is 0.410 e. The maximum Gasteiger partial charge on any atom is 0.410 e. The molecule has 0 bridgehead atoms. The third-order valence-electron chi connectivity index (χ3n) is 6.28. The Balaban J connectivity index is 0.000000715. The fourth-order valence-corrected chi connectivity index (χ4v) is 3.93. The van der Waals surface area contributed by atoms with Gasteiger partial charge in [-0.25, -0.2) is 9.59 Å². The monoisotopic (exact) mass is 712 g/mol. The molecule has 4 unspecified atom stereocenters. The molecular weight excluding hydrogens is 665 g/mol. The largest absolute Gasteiger partial charge is 0.445 e. The van der Waals surface area contributed by atoms with E-state index in [9.17, 15) is 9.59 Å². The Bertz CT molecular complexity index is 1140. The minimum absolute atomic E-state index is 0.106. The number of benzene rings is 2. The Morgan fingerprint density at radius 3 is 2.05 bits per heavy atom. The number of carbonyl (C=O) groups is 2. The zero-order valence-corrected chi connectivity index (χ0v) is 31.5. The number of allylic oxidation sites excluding steroid dienone is 2. The summed E-state index contributed by atoms with van der Waals surface area (Å²) in [6.07, 6.45) is 11.0. The molecule has 0 aromatic heterocycles. The molecule has 12 heteroatoms. The number of rotatable bonds is 10. The summed E-state index contributed by atoms with van der Waals surface area (Å²) in [6.45, 7) is 13.2. The summed E-state index contributed by atoms with van der Waals surface area (Å²) in [6, 6.07) is 19.8. The zero-order valence-electron chi connectivity index (χ0n) is 25.7. The summed E-state index contributed by atoms with van der Waals surface area (Å²) in [5.74, 6) is 0. The molecule has 2 amide bonds. The number of carbonyl (C=O) groups excluding carboxylic acids is 2. The number of hydrogen-bond donors (Lipinski definition) is 0. The van der Waals surface area contributed by atoms with E-state index >= 15 is 0 Å². The van der Waals surface area contributed by atoms with E-state index in [0.29, 0.717) is 26.3 Å². The molecule has 6 nitrogen and oxygen atoms in total. The molecule has 1 heterocycles. The van der Waals surface area contributed by atoms with Crippen molar-refractivity contribution in [1.82, 2.24) is 9.80 Å². The second kappa shape index (κ2) is 28.6. The lowest BCUT2D eigenvalue weighted by atomic mass is 10.1. The number of hydrogen-bond acceptors (Lipinski definition) is 6. The van der Waals surface area contributed by atoms with Crippen molar-refractivity contribution in [2.75, 3.05) is 13.1 Å². The van der Waals surface area contributed by atoms with E-state index in [1.807, 2.05) is 79.7 Å². The first kappa shape index (κ1) is 42.1. The molecule has 1 aliphatic heterocycles. The van der Waals surface area contributed by atoms with Crippen LogP contribution >= 0.6 is 25.8 Å². The van der Waals surface area contributed by atoms with Crippen LogP contribution in [-0.2, 0) is 53.9 Å². The summed E-state index contributed by atoms with van der Waals surface area (Å²) in [5, 5.41) is 0. The summed E-state index contributed by atoms with van der Waals surface area (Å²) in [5.41, 5.74) is 2.00. The lowest BCUT2D eigenvalue weighted by molar-refractivity contribution is 0.0862. The highest BCUT2D eigenvalue weighted by molar-refractivity contribution is 8.37. The van der Waals surface area contributed by atoms with Crippen LogP contribution in [0.25, 0.3) is 0 Å². The minimum atomic E-state index is -0.301. The average molecular weight is 713 g/mol. The fourth-order valence-electron chi connectivity index (χ4n) is 3.93. The molecule has 0 spiro atoms. The SMILES string of the molecule is C=CCCC(C)N(CC=C)C(=O)OCc1ccccc1.CC1CCC=CCN1C(=O)OCc1ccccc1.PPP.S=S=S. The van der Waals surface area contributed by atoms with Crippen LogP contribution in [0.5, 0.6) is 0 Å². The Morgan fingerprint density at radius 1 is 1.02 bits per heavy atom. The molecular formula is C32H47N2O4P3S3. The molecule has 2 aromatic carbocycles. The first-order valence-electron chi connectivity index (χ1n) is 14.2. The van der Waals surface area contributed by atoms with Crippen LogP contribution in [0.15, 0.2) is 98.1 Å². The number of nitrogens with zero attached hydrogens (tertiary/aromatic N) is 2. The van der Waals surface area contributed by atoms with E-state index < -0.39 is 0 Å². The van der Waals surface area contributed by atoms with Crippen molar-refractivity contribution in [3.63, 3.8) is 0 Å². The maximum atomic E-state index is 12.1. The van der Waals surface area contributed by atoms with Gasteiger partial charge in [-0.1, -0.05) is 92.9 Å². The Hall–Kier alpha value is -1.85. The van der Waals surface area contributed by atoms with Gasteiger partial charge in [0.15, 0.2) is 0 Å². The molecule has 1 aliphatic rings. The van der Waals surface area contributed by atoms with Gasteiger partial charge in [-0.2, -0.15) is 0 Å². The van der Waals surface area contributed by atoms with Crippen molar-refractivity contribution < 1.29 is 19.1 Å². The van der Waals surface area contributed by atoms with Crippen LogP contribution in [0.4, 0.5) is 9.59 Å². The average Bonchev–Trinajstić information content (AvgIpc) is 3.26. The minimum Gasteiger partial charge on any atom is -0.445 e. The summed E-state index contributed by atoms with van der Waals surface area (Å²) < 4.78 is 10.7. The molecule has 4 atom stereocenters. The van der Waals surface area contributed by atoms with Crippen molar-refractivity contribution >= 4 is 69.3 Å². The molecule has 0 saturated heterocycles. The van der Waals surface area contributed by atoms with Gasteiger partial charge in [0.05, 0.1) is 0 Å². The van der Waals surface area contributed by atoms with E-state index in [0.717, 1.165) is 53.6 Å². The molecule has 242 valence electrons. The van der Waals surface area contributed by atoms with Crippen LogP contribution in [-0.4, -0.2) is 47.2 Å². The van der Waals surface area contributed by atoms with Gasteiger partial charge in [-0.15, -0.1) is 31.0 Å². The standard InChI is InChI=1S/C17H23NO2.C15H19NO2.H5P3.S3/c1-4-6-10-15(3)18(13-5-2)17(19)20-14-16-11-8-7-9-12-16;1-13-8-4-3-7-11-16(13)15(17)18-12-14-9-5-2-6-10-14;2*1-3-2/h4-5,7-9,11-12,15H,1-2,6,10,13-14H2,3H3;2-3,5-7,9-10,13H,4,8,11-12H2,1H3;3H,1-2H2;. The van der Waals surface area contributed by atoms with E-state index in [1.165, 1.54) is 0 Å². The van der Waals surface area contributed by atoms with Gasteiger partial charge in [0, 0.05) is 56.4 Å². The molecule has 0 aliphatic carbocycles. The van der Waals surface area contributed by atoms with Gasteiger partial charge >= 0.3 is 12.2 Å². The quantitative estimate of drug-likeness (QED) is 0.181. The molecule has 0 radical (unpaired) electrons. The molecule has 0 fully saturated rings. The Morgan fingerprint density at radius 2 is 1.55 bits per heavy atom. The first-order chi connectivity index (χ1) is 21.3.